The van der Waals surface area contributed by atoms with Crippen LogP contribution in [-0.2, 0) is 11.2 Å². The molecular weight excluding hydrogens is 255 g/mol. The molecule has 5 heteroatoms. The fourth-order valence-electron chi connectivity index (χ4n) is 2.35. The number of nitrogens with two attached hydrogens (primary N) is 1. The average molecular weight is 273 g/mol. The average Bonchev–Trinajstić information content (AvgIpc) is 2.86. The first-order valence-corrected chi connectivity index (χ1v) is 6.55. The summed E-state index contributed by atoms with van der Waals surface area (Å²) in [5, 5.41) is 0.160. The van der Waals surface area contributed by atoms with Crippen molar-refractivity contribution in [3.63, 3.8) is 0 Å². The summed E-state index contributed by atoms with van der Waals surface area (Å²) in [6.07, 6.45) is 2.48. The highest BCUT2D eigenvalue weighted by molar-refractivity contribution is 6.30. The second kappa shape index (κ2) is 6.48. The highest BCUT2D eigenvalue weighted by Gasteiger charge is 2.21. The van der Waals surface area contributed by atoms with Gasteiger partial charge in [0.25, 0.3) is 0 Å². The minimum atomic E-state index is -0.345. The Balaban J connectivity index is 1.98. The van der Waals surface area contributed by atoms with Crippen LogP contribution in [0.1, 0.15) is 18.4 Å². The second-order valence-corrected chi connectivity index (χ2v) is 5.15. The molecule has 0 amide bonds. The zero-order valence-electron chi connectivity index (χ0n) is 10.2. The highest BCUT2D eigenvalue weighted by atomic mass is 35.5. The zero-order chi connectivity index (χ0) is 13.0. The maximum atomic E-state index is 13.8. The summed E-state index contributed by atoms with van der Waals surface area (Å²) in [5.74, 6) is 5.70. The molecule has 0 spiro atoms. The van der Waals surface area contributed by atoms with Crippen LogP contribution in [0.2, 0.25) is 5.02 Å². The van der Waals surface area contributed by atoms with Gasteiger partial charge in [-0.2, -0.15) is 0 Å². The van der Waals surface area contributed by atoms with Gasteiger partial charge in [0.2, 0.25) is 0 Å². The van der Waals surface area contributed by atoms with Crippen molar-refractivity contribution >= 4 is 11.6 Å². The van der Waals surface area contributed by atoms with Gasteiger partial charge in [-0.15, -0.1) is 0 Å². The SMILES string of the molecule is NNC(Cc1cccc(Cl)c1F)CC1CCOC1. The monoisotopic (exact) mass is 272 g/mol. The van der Waals surface area contributed by atoms with Crippen molar-refractivity contribution in [2.24, 2.45) is 11.8 Å². The van der Waals surface area contributed by atoms with E-state index in [4.69, 9.17) is 22.2 Å². The van der Waals surface area contributed by atoms with Gasteiger partial charge in [-0.1, -0.05) is 23.7 Å². The van der Waals surface area contributed by atoms with E-state index in [1.54, 1.807) is 18.2 Å². The summed E-state index contributed by atoms with van der Waals surface area (Å²) in [7, 11) is 0. The van der Waals surface area contributed by atoms with Crippen LogP contribution in [0.15, 0.2) is 18.2 Å². The largest absolute Gasteiger partial charge is 0.381 e. The van der Waals surface area contributed by atoms with Gasteiger partial charge in [0, 0.05) is 19.3 Å². The Labute approximate surface area is 111 Å². The van der Waals surface area contributed by atoms with Crippen LogP contribution in [0.25, 0.3) is 0 Å². The van der Waals surface area contributed by atoms with E-state index in [9.17, 15) is 4.39 Å². The summed E-state index contributed by atoms with van der Waals surface area (Å²) >= 11 is 5.76. The molecule has 18 heavy (non-hydrogen) atoms. The third kappa shape index (κ3) is 3.42. The fraction of sp³-hybridized carbons (Fsp3) is 0.538. The number of hydrogen-bond donors (Lipinski definition) is 2. The standard InChI is InChI=1S/C13H18ClFN2O/c14-12-3-1-2-10(13(12)15)7-11(17-16)6-9-4-5-18-8-9/h1-3,9,11,17H,4-8,16H2. The van der Waals surface area contributed by atoms with E-state index in [1.807, 2.05) is 0 Å². The van der Waals surface area contributed by atoms with E-state index in [-0.39, 0.29) is 16.9 Å². The van der Waals surface area contributed by atoms with E-state index in [2.05, 4.69) is 5.43 Å². The van der Waals surface area contributed by atoms with Crippen molar-refractivity contribution in [3.05, 3.63) is 34.6 Å². The highest BCUT2D eigenvalue weighted by Crippen LogP contribution is 2.23. The molecule has 100 valence electrons. The molecule has 0 radical (unpaired) electrons. The van der Waals surface area contributed by atoms with Gasteiger partial charge in [0.05, 0.1) is 5.02 Å². The smallest absolute Gasteiger partial charge is 0.145 e. The normalized spacial score (nSPS) is 21.2. The van der Waals surface area contributed by atoms with Crippen LogP contribution >= 0.6 is 11.6 Å². The van der Waals surface area contributed by atoms with E-state index in [0.717, 1.165) is 26.1 Å². The third-order valence-corrected chi connectivity index (χ3v) is 3.67. The fourth-order valence-corrected chi connectivity index (χ4v) is 2.55. The molecule has 2 unspecified atom stereocenters. The van der Waals surface area contributed by atoms with Crippen molar-refractivity contribution in [2.45, 2.75) is 25.3 Å². The molecule has 1 aliphatic heterocycles. The maximum absolute atomic E-state index is 13.8. The van der Waals surface area contributed by atoms with Crippen LogP contribution in [0.5, 0.6) is 0 Å². The maximum Gasteiger partial charge on any atom is 0.145 e. The molecule has 0 aliphatic carbocycles. The third-order valence-electron chi connectivity index (χ3n) is 3.38. The number of hydrogen-bond acceptors (Lipinski definition) is 3. The molecule has 1 saturated heterocycles. The molecule has 2 rings (SSSR count). The lowest BCUT2D eigenvalue weighted by atomic mass is 9.95. The summed E-state index contributed by atoms with van der Waals surface area (Å²) in [6.45, 7) is 1.59. The summed E-state index contributed by atoms with van der Waals surface area (Å²) < 4.78 is 19.1. The zero-order valence-corrected chi connectivity index (χ0v) is 10.9. The van der Waals surface area contributed by atoms with Crippen molar-refractivity contribution in [1.29, 1.82) is 0 Å². The van der Waals surface area contributed by atoms with Gasteiger partial charge in [0.15, 0.2) is 0 Å². The van der Waals surface area contributed by atoms with Crippen molar-refractivity contribution in [2.75, 3.05) is 13.2 Å². The lowest BCUT2D eigenvalue weighted by molar-refractivity contribution is 0.181. The first-order valence-electron chi connectivity index (χ1n) is 6.17. The van der Waals surface area contributed by atoms with Gasteiger partial charge < -0.3 is 4.74 Å². The van der Waals surface area contributed by atoms with E-state index in [0.29, 0.717) is 17.9 Å². The number of benzene rings is 1. The molecule has 3 N–H and O–H groups in total. The van der Waals surface area contributed by atoms with E-state index < -0.39 is 0 Å². The minimum absolute atomic E-state index is 0.0460. The van der Waals surface area contributed by atoms with Crippen molar-refractivity contribution < 1.29 is 9.13 Å². The molecule has 1 heterocycles. The first kappa shape index (κ1) is 13.7. The van der Waals surface area contributed by atoms with Gasteiger partial charge >= 0.3 is 0 Å². The molecule has 3 nitrogen and oxygen atoms in total. The number of ether oxygens (including phenoxy) is 1. The van der Waals surface area contributed by atoms with Gasteiger partial charge in [-0.3, -0.25) is 11.3 Å². The Hall–Kier alpha value is -0.680. The van der Waals surface area contributed by atoms with Gasteiger partial charge in [-0.25, -0.2) is 4.39 Å². The van der Waals surface area contributed by atoms with Crippen LogP contribution in [0.3, 0.4) is 0 Å². The molecule has 0 aromatic heterocycles. The van der Waals surface area contributed by atoms with Crippen molar-refractivity contribution in [3.8, 4) is 0 Å². The van der Waals surface area contributed by atoms with Gasteiger partial charge in [0.1, 0.15) is 5.82 Å². The Morgan fingerprint density at radius 1 is 1.56 bits per heavy atom. The number of halogens is 2. The lowest BCUT2D eigenvalue weighted by Gasteiger charge is -2.19. The Bertz CT molecular complexity index is 397. The summed E-state index contributed by atoms with van der Waals surface area (Å²) in [6, 6.07) is 5.10. The Kier molecular flexibility index (Phi) is 4.95. The van der Waals surface area contributed by atoms with Gasteiger partial charge in [-0.05, 0) is 36.8 Å². The molecule has 1 fully saturated rings. The molecular formula is C13H18ClFN2O. The number of rotatable bonds is 5. The molecule has 0 bridgehead atoms. The Morgan fingerprint density at radius 3 is 3.06 bits per heavy atom. The quantitative estimate of drug-likeness (QED) is 0.639. The van der Waals surface area contributed by atoms with Crippen LogP contribution < -0.4 is 11.3 Å². The molecule has 0 saturated carbocycles. The lowest BCUT2D eigenvalue weighted by Crippen LogP contribution is -2.38. The molecule has 1 aromatic carbocycles. The molecule has 1 aliphatic rings. The topological polar surface area (TPSA) is 47.3 Å². The summed E-state index contributed by atoms with van der Waals surface area (Å²) in [5.41, 5.74) is 3.36. The minimum Gasteiger partial charge on any atom is -0.381 e. The van der Waals surface area contributed by atoms with E-state index in [1.165, 1.54) is 0 Å². The number of hydrazine groups is 1. The van der Waals surface area contributed by atoms with Crippen LogP contribution in [0, 0.1) is 11.7 Å². The van der Waals surface area contributed by atoms with Crippen LogP contribution in [-0.4, -0.2) is 19.3 Å². The summed E-state index contributed by atoms with van der Waals surface area (Å²) in [4.78, 5) is 0. The van der Waals surface area contributed by atoms with E-state index >= 15 is 0 Å². The molecule has 1 aromatic rings. The van der Waals surface area contributed by atoms with Crippen LogP contribution in [0.4, 0.5) is 4.39 Å². The second-order valence-electron chi connectivity index (χ2n) is 4.75. The predicted octanol–water partition coefficient (Wildman–Crippen LogP) is 2.28. The predicted molar refractivity (Wildman–Crippen MR) is 69.8 cm³/mol. The first-order chi connectivity index (χ1) is 8.70. The Morgan fingerprint density at radius 2 is 2.39 bits per heavy atom. The number of nitrogens with one attached hydrogen (secondary N) is 1. The molecule has 2 atom stereocenters. The van der Waals surface area contributed by atoms with Crippen molar-refractivity contribution in [1.82, 2.24) is 5.43 Å².